The Labute approximate surface area is 177 Å². The van der Waals surface area contributed by atoms with Crippen molar-refractivity contribution in [2.45, 2.75) is 31.7 Å². The lowest BCUT2D eigenvalue weighted by Crippen LogP contribution is -2.49. The number of guanidine groups is 1. The highest BCUT2D eigenvalue weighted by Crippen LogP contribution is 2.30. The molecule has 3 rings (SSSR count). The minimum absolute atomic E-state index is 0.418. The Hall–Kier alpha value is -2.41. The third-order valence-corrected chi connectivity index (χ3v) is 6.15. The molecular formula is C22H32N4O2S. The molecule has 7 heteroatoms. The molecule has 1 aliphatic heterocycles. The van der Waals surface area contributed by atoms with Crippen molar-refractivity contribution >= 4 is 23.0 Å². The molecule has 1 aromatic carbocycles. The Morgan fingerprint density at radius 3 is 2.45 bits per heavy atom. The van der Waals surface area contributed by atoms with Crippen molar-refractivity contribution in [3.8, 4) is 11.5 Å². The summed E-state index contributed by atoms with van der Waals surface area (Å²) in [6.45, 7) is 5.08. The second kappa shape index (κ2) is 10.4. The van der Waals surface area contributed by atoms with Crippen LogP contribution in [0.2, 0.25) is 0 Å². The molecule has 1 unspecified atom stereocenters. The smallest absolute Gasteiger partial charge is 0.191 e. The molecule has 1 aliphatic rings. The van der Waals surface area contributed by atoms with E-state index in [1.807, 2.05) is 13.1 Å². The van der Waals surface area contributed by atoms with Crippen molar-refractivity contribution in [2.75, 3.05) is 45.8 Å². The summed E-state index contributed by atoms with van der Waals surface area (Å²) in [5.74, 6) is 2.99. The van der Waals surface area contributed by atoms with Crippen molar-refractivity contribution in [1.82, 2.24) is 10.6 Å². The lowest BCUT2D eigenvalue weighted by molar-refractivity contribution is 0.393. The molecule has 2 heterocycles. The van der Waals surface area contributed by atoms with Crippen LogP contribution in [0, 0.1) is 0 Å². The summed E-state index contributed by atoms with van der Waals surface area (Å²) in [6.07, 6.45) is 2.11. The first-order valence-electron chi connectivity index (χ1n) is 10.1. The average molecular weight is 417 g/mol. The minimum Gasteiger partial charge on any atom is -0.497 e. The predicted molar refractivity (Wildman–Crippen MR) is 122 cm³/mol. The zero-order valence-electron chi connectivity index (χ0n) is 17.8. The monoisotopic (exact) mass is 416 g/mol. The molecule has 1 saturated heterocycles. The van der Waals surface area contributed by atoms with Gasteiger partial charge in [-0.2, -0.15) is 11.3 Å². The summed E-state index contributed by atoms with van der Waals surface area (Å²) in [6, 6.07) is 8.66. The van der Waals surface area contributed by atoms with Crippen LogP contribution >= 0.6 is 11.3 Å². The van der Waals surface area contributed by atoms with Crippen LogP contribution in [0.5, 0.6) is 11.5 Å². The van der Waals surface area contributed by atoms with Crippen LogP contribution in [-0.2, 0) is 0 Å². The summed E-state index contributed by atoms with van der Waals surface area (Å²) in [4.78, 5) is 6.80. The van der Waals surface area contributed by atoms with E-state index in [0.717, 1.165) is 55.6 Å². The van der Waals surface area contributed by atoms with Crippen LogP contribution in [0.4, 0.5) is 5.69 Å². The van der Waals surface area contributed by atoms with Gasteiger partial charge in [0.2, 0.25) is 0 Å². The van der Waals surface area contributed by atoms with Gasteiger partial charge in [-0.3, -0.25) is 4.99 Å². The topological polar surface area (TPSA) is 58.1 Å². The van der Waals surface area contributed by atoms with Crippen LogP contribution in [-0.4, -0.2) is 52.9 Å². The molecule has 0 amide bonds. The fraction of sp³-hybridized carbons (Fsp3) is 0.500. The van der Waals surface area contributed by atoms with Gasteiger partial charge in [0.1, 0.15) is 11.5 Å². The highest BCUT2D eigenvalue weighted by atomic mass is 32.1. The second-order valence-electron chi connectivity index (χ2n) is 7.39. The molecule has 0 bridgehead atoms. The molecule has 0 aliphatic carbocycles. The SMILES string of the molecule is CN=C(NCC(C)c1ccsc1)NC1CCN(c2cc(OC)cc(OC)c2)CC1. The Kier molecular flexibility index (Phi) is 7.63. The number of hydrogen-bond acceptors (Lipinski definition) is 5. The standard InChI is InChI=1S/C22H32N4O2S/c1-16(17-7-10-29-15-17)14-24-22(23-2)25-18-5-8-26(9-6-18)19-11-20(27-3)13-21(12-19)28-4/h7,10-13,15-16,18H,5-6,8-9,14H2,1-4H3,(H2,23,24,25). The molecule has 158 valence electrons. The molecular weight excluding hydrogens is 384 g/mol. The lowest BCUT2D eigenvalue weighted by Gasteiger charge is -2.35. The van der Waals surface area contributed by atoms with E-state index in [0.29, 0.717) is 12.0 Å². The predicted octanol–water partition coefficient (Wildman–Crippen LogP) is 3.70. The number of rotatable bonds is 7. The number of methoxy groups -OCH3 is 2. The summed E-state index contributed by atoms with van der Waals surface area (Å²) in [5, 5.41) is 11.4. The molecule has 1 atom stereocenters. The number of anilines is 1. The van der Waals surface area contributed by atoms with Gasteiger partial charge in [0.25, 0.3) is 0 Å². The molecule has 1 aromatic heterocycles. The molecule has 1 fully saturated rings. The van der Waals surface area contributed by atoms with Crippen molar-refractivity contribution in [3.05, 3.63) is 40.6 Å². The number of aliphatic imine (C=N–C) groups is 1. The Morgan fingerprint density at radius 1 is 1.21 bits per heavy atom. The summed E-state index contributed by atoms with van der Waals surface area (Å²) >= 11 is 1.75. The van der Waals surface area contributed by atoms with Crippen molar-refractivity contribution < 1.29 is 9.47 Å². The van der Waals surface area contributed by atoms with Gasteiger partial charge < -0.3 is 25.0 Å². The van der Waals surface area contributed by atoms with Gasteiger partial charge in [0.05, 0.1) is 14.2 Å². The number of benzene rings is 1. The highest BCUT2D eigenvalue weighted by molar-refractivity contribution is 7.07. The molecule has 0 radical (unpaired) electrons. The van der Waals surface area contributed by atoms with Gasteiger partial charge in [0, 0.05) is 56.6 Å². The van der Waals surface area contributed by atoms with Crippen LogP contribution < -0.4 is 25.0 Å². The average Bonchev–Trinajstić information content (AvgIpc) is 3.31. The summed E-state index contributed by atoms with van der Waals surface area (Å²) < 4.78 is 10.8. The van der Waals surface area contributed by atoms with Gasteiger partial charge in [-0.1, -0.05) is 6.92 Å². The van der Waals surface area contributed by atoms with Crippen molar-refractivity contribution in [2.24, 2.45) is 4.99 Å². The number of thiophene rings is 1. The fourth-order valence-electron chi connectivity index (χ4n) is 3.57. The van der Waals surface area contributed by atoms with E-state index in [1.54, 1.807) is 25.6 Å². The van der Waals surface area contributed by atoms with Gasteiger partial charge >= 0.3 is 0 Å². The molecule has 0 saturated carbocycles. The second-order valence-corrected chi connectivity index (χ2v) is 8.17. The van der Waals surface area contributed by atoms with E-state index in [1.165, 1.54) is 5.56 Å². The van der Waals surface area contributed by atoms with Gasteiger partial charge in [-0.15, -0.1) is 0 Å². The molecule has 29 heavy (non-hydrogen) atoms. The lowest BCUT2D eigenvalue weighted by atomic mass is 10.0. The molecule has 0 spiro atoms. The number of ether oxygens (including phenoxy) is 2. The highest BCUT2D eigenvalue weighted by Gasteiger charge is 2.21. The van der Waals surface area contributed by atoms with Crippen LogP contribution in [0.3, 0.4) is 0 Å². The third kappa shape index (κ3) is 5.79. The number of nitrogens with one attached hydrogen (secondary N) is 2. The van der Waals surface area contributed by atoms with Crippen LogP contribution in [0.25, 0.3) is 0 Å². The van der Waals surface area contributed by atoms with Gasteiger partial charge in [-0.05, 0) is 41.1 Å². The quantitative estimate of drug-likeness (QED) is 0.532. The first-order valence-corrected chi connectivity index (χ1v) is 11.0. The van der Waals surface area contributed by atoms with E-state index >= 15 is 0 Å². The van der Waals surface area contributed by atoms with E-state index in [2.05, 4.69) is 56.4 Å². The van der Waals surface area contributed by atoms with E-state index in [9.17, 15) is 0 Å². The molecule has 2 aromatic rings. The normalized spacial score (nSPS) is 16.4. The van der Waals surface area contributed by atoms with E-state index < -0.39 is 0 Å². The number of piperidine rings is 1. The zero-order chi connectivity index (χ0) is 20.6. The van der Waals surface area contributed by atoms with E-state index in [-0.39, 0.29) is 0 Å². The van der Waals surface area contributed by atoms with Gasteiger partial charge in [0.15, 0.2) is 5.96 Å². The zero-order valence-corrected chi connectivity index (χ0v) is 18.6. The number of hydrogen-bond donors (Lipinski definition) is 2. The van der Waals surface area contributed by atoms with Crippen molar-refractivity contribution in [1.29, 1.82) is 0 Å². The van der Waals surface area contributed by atoms with Crippen LogP contribution in [0.15, 0.2) is 40.0 Å². The van der Waals surface area contributed by atoms with E-state index in [4.69, 9.17) is 9.47 Å². The Balaban J connectivity index is 1.50. The molecule has 6 nitrogen and oxygen atoms in total. The maximum Gasteiger partial charge on any atom is 0.191 e. The maximum atomic E-state index is 5.41. The van der Waals surface area contributed by atoms with Crippen LogP contribution in [0.1, 0.15) is 31.2 Å². The minimum atomic E-state index is 0.418. The third-order valence-electron chi connectivity index (χ3n) is 5.45. The summed E-state index contributed by atoms with van der Waals surface area (Å²) in [5.41, 5.74) is 2.52. The van der Waals surface area contributed by atoms with Gasteiger partial charge in [-0.25, -0.2) is 0 Å². The first-order chi connectivity index (χ1) is 14.1. The van der Waals surface area contributed by atoms with Crippen molar-refractivity contribution in [3.63, 3.8) is 0 Å². The molecule has 2 N–H and O–H groups in total. The largest absolute Gasteiger partial charge is 0.497 e. The Morgan fingerprint density at radius 2 is 1.90 bits per heavy atom. The fourth-order valence-corrected chi connectivity index (χ4v) is 4.35. The summed E-state index contributed by atoms with van der Waals surface area (Å²) in [7, 11) is 5.21. The Bertz CT molecular complexity index is 764. The first kappa shape index (κ1) is 21.3. The number of nitrogens with zero attached hydrogens (tertiary/aromatic N) is 2. The maximum absolute atomic E-state index is 5.41.